The lowest BCUT2D eigenvalue weighted by Crippen LogP contribution is -2.50. The van der Waals surface area contributed by atoms with Crippen LogP contribution < -0.4 is 9.80 Å². The molecule has 4 heterocycles. The summed E-state index contributed by atoms with van der Waals surface area (Å²) >= 11 is 0. The van der Waals surface area contributed by atoms with E-state index in [1.807, 2.05) is 12.1 Å². The number of fused-ring (bicyclic) bond motifs is 6. The van der Waals surface area contributed by atoms with Gasteiger partial charge in [-0.3, -0.25) is 4.90 Å². The second-order valence-electron chi connectivity index (χ2n) is 8.42. The molecule has 0 spiro atoms. The first-order valence-electron chi connectivity index (χ1n) is 11.0. The van der Waals surface area contributed by atoms with E-state index in [1.54, 1.807) is 0 Å². The van der Waals surface area contributed by atoms with Gasteiger partial charge in [0.25, 0.3) is 0 Å². The topological polar surface area (TPSA) is 44.7 Å². The van der Waals surface area contributed by atoms with Crippen LogP contribution in [0.5, 0.6) is 0 Å². The predicted molar refractivity (Wildman–Crippen MR) is 119 cm³/mol. The zero-order valence-corrected chi connectivity index (χ0v) is 17.2. The molecule has 3 aliphatic rings. The molecule has 1 unspecified atom stereocenters. The van der Waals surface area contributed by atoms with E-state index in [-0.39, 0.29) is 0 Å². The van der Waals surface area contributed by atoms with Gasteiger partial charge in [0.15, 0.2) is 11.6 Å². The molecule has 0 bridgehead atoms. The molecule has 1 fully saturated rings. The average Bonchev–Trinajstić information content (AvgIpc) is 2.82. The molecule has 1 aromatic heterocycles. The summed E-state index contributed by atoms with van der Waals surface area (Å²) in [5.74, 6) is 2.08. The molecule has 30 heavy (non-hydrogen) atoms. The van der Waals surface area contributed by atoms with Crippen molar-refractivity contribution in [2.45, 2.75) is 12.5 Å². The molecular formula is C24H27N5O. The van der Waals surface area contributed by atoms with E-state index < -0.39 is 0 Å². The first-order chi connectivity index (χ1) is 14.9. The minimum atomic E-state index is 0.336. The quantitative estimate of drug-likeness (QED) is 0.673. The van der Waals surface area contributed by atoms with Gasteiger partial charge in [-0.2, -0.15) is 0 Å². The number of morpholine rings is 1. The highest BCUT2D eigenvalue weighted by Gasteiger charge is 2.37. The van der Waals surface area contributed by atoms with Gasteiger partial charge in [-0.05, 0) is 29.7 Å². The summed E-state index contributed by atoms with van der Waals surface area (Å²) in [5, 5.41) is 0. The van der Waals surface area contributed by atoms with Crippen LogP contribution in [0, 0.1) is 0 Å². The maximum absolute atomic E-state index is 5.52. The number of para-hydroxylation sites is 2. The zero-order valence-electron chi connectivity index (χ0n) is 17.2. The summed E-state index contributed by atoms with van der Waals surface area (Å²) in [4.78, 5) is 17.6. The molecule has 0 radical (unpaired) electrons. The number of nitrogens with zero attached hydrogens (tertiary/aromatic N) is 5. The van der Waals surface area contributed by atoms with Crippen LogP contribution in [0.15, 0.2) is 48.5 Å². The maximum Gasteiger partial charge on any atom is 0.173 e. The second kappa shape index (κ2) is 7.52. The summed E-state index contributed by atoms with van der Waals surface area (Å²) in [7, 11) is 0. The first-order valence-corrected chi connectivity index (χ1v) is 11.0. The highest BCUT2D eigenvalue weighted by atomic mass is 16.5. The van der Waals surface area contributed by atoms with Gasteiger partial charge >= 0.3 is 0 Å². The lowest BCUT2D eigenvalue weighted by atomic mass is 9.91. The average molecular weight is 402 g/mol. The second-order valence-corrected chi connectivity index (χ2v) is 8.42. The third kappa shape index (κ3) is 3.11. The zero-order chi connectivity index (χ0) is 19.9. The Hall–Kier alpha value is -2.70. The highest BCUT2D eigenvalue weighted by molar-refractivity contribution is 5.82. The SMILES string of the molecule is c1ccc2c(c1)CCN1c3nc4ccccc4nc3N(CCN3CCOCC3)CC21. The summed E-state index contributed by atoms with van der Waals surface area (Å²) in [6.45, 7) is 7.67. The van der Waals surface area contributed by atoms with E-state index in [0.717, 1.165) is 81.6 Å². The van der Waals surface area contributed by atoms with Crippen molar-refractivity contribution in [2.75, 3.05) is 62.3 Å². The van der Waals surface area contributed by atoms with Gasteiger partial charge in [-0.25, -0.2) is 9.97 Å². The van der Waals surface area contributed by atoms with Crippen LogP contribution >= 0.6 is 0 Å². The van der Waals surface area contributed by atoms with Gasteiger partial charge in [-0.1, -0.05) is 36.4 Å². The highest BCUT2D eigenvalue weighted by Crippen LogP contribution is 2.42. The van der Waals surface area contributed by atoms with Crippen molar-refractivity contribution in [3.05, 3.63) is 59.7 Å². The molecule has 6 heteroatoms. The molecule has 154 valence electrons. The summed E-state index contributed by atoms with van der Waals surface area (Å²) in [6, 6.07) is 17.5. The Morgan fingerprint density at radius 2 is 1.57 bits per heavy atom. The van der Waals surface area contributed by atoms with E-state index in [0.29, 0.717) is 6.04 Å². The minimum Gasteiger partial charge on any atom is -0.379 e. The number of hydrogen-bond acceptors (Lipinski definition) is 6. The smallest absolute Gasteiger partial charge is 0.173 e. The Balaban J connectivity index is 1.39. The normalized spacial score (nSPS) is 21.3. The van der Waals surface area contributed by atoms with Crippen LogP contribution in [-0.2, 0) is 11.2 Å². The van der Waals surface area contributed by atoms with Gasteiger partial charge in [-0.15, -0.1) is 0 Å². The number of hydrogen-bond donors (Lipinski definition) is 0. The number of benzene rings is 2. The molecule has 3 aromatic rings. The monoisotopic (exact) mass is 401 g/mol. The van der Waals surface area contributed by atoms with Crippen LogP contribution in [0.1, 0.15) is 17.2 Å². The number of ether oxygens (including phenoxy) is 1. The lowest BCUT2D eigenvalue weighted by Gasteiger charge is -2.46. The fourth-order valence-electron chi connectivity index (χ4n) is 5.07. The molecule has 0 amide bonds. The van der Waals surface area contributed by atoms with Gasteiger partial charge in [0.05, 0.1) is 30.3 Å². The van der Waals surface area contributed by atoms with Crippen molar-refractivity contribution in [3.8, 4) is 0 Å². The molecular weight excluding hydrogens is 374 g/mol. The van der Waals surface area contributed by atoms with Crippen LogP contribution in [0.2, 0.25) is 0 Å². The summed E-state index contributed by atoms with van der Waals surface area (Å²) < 4.78 is 5.52. The Morgan fingerprint density at radius 1 is 0.833 bits per heavy atom. The molecule has 1 atom stereocenters. The maximum atomic E-state index is 5.52. The van der Waals surface area contributed by atoms with Crippen molar-refractivity contribution in [1.82, 2.24) is 14.9 Å². The van der Waals surface area contributed by atoms with Gasteiger partial charge in [0.1, 0.15) is 0 Å². The fourth-order valence-corrected chi connectivity index (χ4v) is 5.07. The predicted octanol–water partition coefficient (Wildman–Crippen LogP) is 2.89. The third-order valence-corrected chi connectivity index (χ3v) is 6.70. The summed E-state index contributed by atoms with van der Waals surface area (Å²) in [6.07, 6.45) is 1.06. The number of anilines is 2. The van der Waals surface area contributed by atoms with Crippen LogP contribution in [0.4, 0.5) is 11.6 Å². The lowest BCUT2D eigenvalue weighted by molar-refractivity contribution is 0.0391. The molecule has 6 nitrogen and oxygen atoms in total. The fraction of sp³-hybridized carbons (Fsp3) is 0.417. The van der Waals surface area contributed by atoms with Crippen molar-refractivity contribution < 1.29 is 4.74 Å². The molecule has 6 rings (SSSR count). The van der Waals surface area contributed by atoms with Crippen LogP contribution in [0.3, 0.4) is 0 Å². The van der Waals surface area contributed by atoms with Gasteiger partial charge in [0, 0.05) is 39.3 Å². The van der Waals surface area contributed by atoms with Gasteiger partial charge < -0.3 is 14.5 Å². The number of aromatic nitrogens is 2. The van der Waals surface area contributed by atoms with E-state index in [1.165, 1.54) is 11.1 Å². The number of rotatable bonds is 3. The van der Waals surface area contributed by atoms with E-state index >= 15 is 0 Å². The van der Waals surface area contributed by atoms with Crippen molar-refractivity contribution in [2.24, 2.45) is 0 Å². The molecule has 3 aliphatic heterocycles. The molecule has 0 saturated carbocycles. The Kier molecular flexibility index (Phi) is 4.54. The Morgan fingerprint density at radius 3 is 2.40 bits per heavy atom. The van der Waals surface area contributed by atoms with Crippen LogP contribution in [-0.4, -0.2) is 67.4 Å². The van der Waals surface area contributed by atoms with Crippen molar-refractivity contribution >= 4 is 22.7 Å². The molecule has 2 aromatic carbocycles. The standard InChI is InChI=1S/C24H27N5O/c1-2-6-19-18(5-1)9-10-29-22(19)17-28(12-11-27-13-15-30-16-14-27)23-24(29)26-21-8-4-3-7-20(21)25-23/h1-8,22H,9-17H2. The van der Waals surface area contributed by atoms with E-state index in [4.69, 9.17) is 14.7 Å². The Bertz CT molecular complexity index is 1060. The Labute approximate surface area is 177 Å². The largest absolute Gasteiger partial charge is 0.379 e. The first kappa shape index (κ1) is 18.1. The molecule has 0 N–H and O–H groups in total. The van der Waals surface area contributed by atoms with Crippen molar-refractivity contribution in [1.29, 1.82) is 0 Å². The minimum absolute atomic E-state index is 0.336. The van der Waals surface area contributed by atoms with E-state index in [9.17, 15) is 0 Å². The summed E-state index contributed by atoms with van der Waals surface area (Å²) in [5.41, 5.74) is 4.87. The molecule has 1 saturated heterocycles. The third-order valence-electron chi connectivity index (χ3n) is 6.70. The van der Waals surface area contributed by atoms with Gasteiger partial charge in [0.2, 0.25) is 0 Å². The molecule has 0 aliphatic carbocycles. The van der Waals surface area contributed by atoms with E-state index in [2.05, 4.69) is 51.1 Å². The van der Waals surface area contributed by atoms with Crippen molar-refractivity contribution in [3.63, 3.8) is 0 Å². The van der Waals surface area contributed by atoms with Crippen LogP contribution in [0.25, 0.3) is 11.0 Å².